The van der Waals surface area contributed by atoms with E-state index in [0.717, 1.165) is 31.0 Å². The molecule has 17 heavy (non-hydrogen) atoms. The lowest BCUT2D eigenvalue weighted by molar-refractivity contribution is 0.291. The predicted octanol–water partition coefficient (Wildman–Crippen LogP) is 0.572. The van der Waals surface area contributed by atoms with Crippen LogP contribution in [0.15, 0.2) is 12.2 Å². The Morgan fingerprint density at radius 1 is 1.59 bits per heavy atom. The molecule has 0 spiro atoms. The summed E-state index contributed by atoms with van der Waals surface area (Å²) in [5.41, 5.74) is 1.05. The molecule has 1 rings (SSSR count). The third kappa shape index (κ3) is 4.99. The first-order chi connectivity index (χ1) is 7.95. The summed E-state index contributed by atoms with van der Waals surface area (Å²) in [6.07, 6.45) is 1.32. The minimum Gasteiger partial charge on any atom is -0.313 e. The lowest BCUT2D eigenvalue weighted by atomic mass is 10.2. The molecule has 0 radical (unpaired) electrons. The highest BCUT2D eigenvalue weighted by atomic mass is 32.2. The van der Waals surface area contributed by atoms with Gasteiger partial charge < -0.3 is 5.32 Å². The Hall–Kier alpha value is -0.0400. The van der Waals surface area contributed by atoms with Crippen molar-refractivity contribution in [2.24, 2.45) is 0 Å². The second-order valence-electron chi connectivity index (χ2n) is 4.36. The summed E-state index contributed by atoms with van der Waals surface area (Å²) in [6.45, 7) is 9.21. The minimum absolute atomic E-state index is 0.348. The van der Waals surface area contributed by atoms with Crippen molar-refractivity contribution >= 4 is 21.6 Å². The molecular weight excluding hydrogens is 256 g/mol. The van der Waals surface area contributed by atoms with Crippen molar-refractivity contribution < 1.29 is 8.42 Å². The van der Waals surface area contributed by atoms with Crippen molar-refractivity contribution in [3.63, 3.8) is 0 Å². The molecule has 6 heteroatoms. The number of likely N-dealkylation sites (N-methyl/N-ethyl adjacent to an activating group) is 1. The molecule has 1 aliphatic heterocycles. The van der Waals surface area contributed by atoms with Gasteiger partial charge in [-0.15, -0.1) is 0 Å². The molecule has 100 valence electrons. The standard InChI is InChI=1S/C11H22N2O2S2/c1-4-12-7-10(2)8-13-5-6-16-9-11(13)17(3,14)15/h11-12H,2,4-9H2,1,3H3. The van der Waals surface area contributed by atoms with E-state index < -0.39 is 9.84 Å². The Bertz CT molecular complexity index is 354. The number of thioether (sulfide) groups is 1. The van der Waals surface area contributed by atoms with E-state index in [4.69, 9.17) is 0 Å². The smallest absolute Gasteiger partial charge is 0.164 e. The molecule has 1 saturated heterocycles. The first-order valence-corrected chi connectivity index (χ1v) is 8.94. The highest BCUT2D eigenvalue weighted by molar-refractivity contribution is 8.00. The van der Waals surface area contributed by atoms with Gasteiger partial charge in [-0.05, 0) is 12.1 Å². The molecule has 1 heterocycles. The van der Waals surface area contributed by atoms with Crippen molar-refractivity contribution in [2.45, 2.75) is 12.3 Å². The summed E-state index contributed by atoms with van der Waals surface area (Å²) < 4.78 is 23.4. The van der Waals surface area contributed by atoms with Crippen molar-refractivity contribution in [2.75, 3.05) is 43.9 Å². The SMILES string of the molecule is C=C(CNCC)CN1CCSCC1S(C)(=O)=O. The second kappa shape index (κ2) is 6.78. The minimum atomic E-state index is -3.00. The van der Waals surface area contributed by atoms with Crippen LogP contribution in [0.5, 0.6) is 0 Å². The van der Waals surface area contributed by atoms with Gasteiger partial charge in [-0.2, -0.15) is 11.8 Å². The molecule has 1 aliphatic rings. The molecule has 0 aromatic rings. The first kappa shape index (κ1) is 15.0. The van der Waals surface area contributed by atoms with E-state index in [0.29, 0.717) is 12.3 Å². The van der Waals surface area contributed by atoms with Crippen molar-refractivity contribution in [1.82, 2.24) is 10.2 Å². The number of nitrogens with one attached hydrogen (secondary N) is 1. The van der Waals surface area contributed by atoms with E-state index in [9.17, 15) is 8.42 Å². The second-order valence-corrected chi connectivity index (χ2v) is 7.71. The summed E-state index contributed by atoms with van der Waals surface area (Å²) in [7, 11) is -3.00. The summed E-state index contributed by atoms with van der Waals surface area (Å²) in [6, 6.07) is 0. The molecule has 0 bridgehead atoms. The van der Waals surface area contributed by atoms with Gasteiger partial charge in [0.15, 0.2) is 9.84 Å². The maximum atomic E-state index is 11.7. The van der Waals surface area contributed by atoms with Crippen LogP contribution in [-0.2, 0) is 9.84 Å². The van der Waals surface area contributed by atoms with Crippen molar-refractivity contribution in [3.8, 4) is 0 Å². The van der Waals surface area contributed by atoms with Gasteiger partial charge in [0, 0.05) is 37.4 Å². The Morgan fingerprint density at radius 3 is 2.88 bits per heavy atom. The van der Waals surface area contributed by atoms with Gasteiger partial charge in [-0.1, -0.05) is 13.5 Å². The quantitative estimate of drug-likeness (QED) is 0.720. The van der Waals surface area contributed by atoms with Crippen LogP contribution in [0.3, 0.4) is 0 Å². The molecule has 1 atom stereocenters. The van der Waals surface area contributed by atoms with Crippen LogP contribution in [0, 0.1) is 0 Å². The summed E-state index contributed by atoms with van der Waals surface area (Å²) >= 11 is 1.71. The zero-order valence-corrected chi connectivity index (χ0v) is 12.2. The normalized spacial score (nSPS) is 22.6. The lowest BCUT2D eigenvalue weighted by Gasteiger charge is -2.34. The summed E-state index contributed by atoms with van der Waals surface area (Å²) in [5.74, 6) is 1.67. The molecule has 1 fully saturated rings. The van der Waals surface area contributed by atoms with Crippen molar-refractivity contribution in [1.29, 1.82) is 0 Å². The van der Waals surface area contributed by atoms with Crippen LogP contribution >= 0.6 is 11.8 Å². The van der Waals surface area contributed by atoms with Crippen LogP contribution in [0.1, 0.15) is 6.92 Å². The fraction of sp³-hybridized carbons (Fsp3) is 0.818. The van der Waals surface area contributed by atoms with Gasteiger partial charge in [0.2, 0.25) is 0 Å². The number of hydrogen-bond donors (Lipinski definition) is 1. The van der Waals surface area contributed by atoms with E-state index in [-0.39, 0.29) is 5.37 Å². The molecule has 0 saturated carbocycles. The summed E-state index contributed by atoms with van der Waals surface area (Å²) in [4.78, 5) is 2.03. The lowest BCUT2D eigenvalue weighted by Crippen LogP contribution is -2.48. The van der Waals surface area contributed by atoms with Crippen LogP contribution < -0.4 is 5.32 Å². The topological polar surface area (TPSA) is 49.4 Å². The van der Waals surface area contributed by atoms with Crippen LogP contribution in [0.4, 0.5) is 0 Å². The van der Waals surface area contributed by atoms with Gasteiger partial charge in [0.05, 0.1) is 0 Å². The van der Waals surface area contributed by atoms with Crippen molar-refractivity contribution in [3.05, 3.63) is 12.2 Å². The Labute approximate surface area is 109 Å². The zero-order valence-electron chi connectivity index (χ0n) is 10.6. The number of nitrogens with zero attached hydrogens (tertiary/aromatic N) is 1. The fourth-order valence-electron chi connectivity index (χ4n) is 1.84. The maximum Gasteiger partial charge on any atom is 0.164 e. The highest BCUT2D eigenvalue weighted by Crippen LogP contribution is 2.20. The average molecular weight is 278 g/mol. The Morgan fingerprint density at radius 2 is 2.29 bits per heavy atom. The van der Waals surface area contributed by atoms with Crippen LogP contribution in [-0.4, -0.2) is 62.6 Å². The van der Waals surface area contributed by atoms with Gasteiger partial charge in [0.1, 0.15) is 5.37 Å². The molecular formula is C11H22N2O2S2. The van der Waals surface area contributed by atoms with E-state index >= 15 is 0 Å². The molecule has 0 aromatic heterocycles. The molecule has 0 aromatic carbocycles. The van der Waals surface area contributed by atoms with E-state index in [1.807, 2.05) is 11.8 Å². The largest absolute Gasteiger partial charge is 0.313 e. The zero-order chi connectivity index (χ0) is 12.9. The van der Waals surface area contributed by atoms with E-state index in [2.05, 4.69) is 11.9 Å². The van der Waals surface area contributed by atoms with Crippen LogP contribution in [0.2, 0.25) is 0 Å². The van der Waals surface area contributed by atoms with E-state index in [1.165, 1.54) is 6.26 Å². The number of sulfone groups is 1. The first-order valence-electron chi connectivity index (χ1n) is 5.83. The molecule has 0 amide bonds. The number of hydrogen-bond acceptors (Lipinski definition) is 5. The molecule has 1 N–H and O–H groups in total. The third-order valence-electron chi connectivity index (χ3n) is 2.74. The monoisotopic (exact) mass is 278 g/mol. The molecule has 0 aliphatic carbocycles. The van der Waals surface area contributed by atoms with Gasteiger partial charge >= 0.3 is 0 Å². The Kier molecular flexibility index (Phi) is 5.99. The van der Waals surface area contributed by atoms with Gasteiger partial charge in [-0.3, -0.25) is 4.90 Å². The average Bonchev–Trinajstić information content (AvgIpc) is 2.25. The maximum absolute atomic E-state index is 11.7. The molecule has 4 nitrogen and oxygen atoms in total. The Balaban J connectivity index is 2.57. The van der Waals surface area contributed by atoms with Gasteiger partial charge in [-0.25, -0.2) is 8.42 Å². The number of rotatable bonds is 6. The van der Waals surface area contributed by atoms with Gasteiger partial charge in [0.25, 0.3) is 0 Å². The third-order valence-corrected chi connectivity index (χ3v) is 5.42. The fourth-order valence-corrected chi connectivity index (χ4v) is 4.78. The molecule has 1 unspecified atom stereocenters. The highest BCUT2D eigenvalue weighted by Gasteiger charge is 2.30. The predicted molar refractivity (Wildman–Crippen MR) is 75.2 cm³/mol. The van der Waals surface area contributed by atoms with E-state index in [1.54, 1.807) is 11.8 Å². The van der Waals surface area contributed by atoms with Crippen LogP contribution in [0.25, 0.3) is 0 Å². The summed E-state index contributed by atoms with van der Waals surface area (Å²) in [5, 5.41) is 2.86.